The van der Waals surface area contributed by atoms with Gasteiger partial charge in [-0.1, -0.05) is 6.92 Å². The van der Waals surface area contributed by atoms with Crippen LogP contribution in [-0.4, -0.2) is 57.7 Å². The second-order valence-electron chi connectivity index (χ2n) is 5.09. The highest BCUT2D eigenvalue weighted by Crippen LogP contribution is 2.22. The van der Waals surface area contributed by atoms with Crippen molar-refractivity contribution in [2.24, 2.45) is 5.92 Å². The molecule has 1 aromatic rings. The number of carbonyl (C=O) groups is 2. The third-order valence-electron chi connectivity index (χ3n) is 3.49. The van der Waals surface area contributed by atoms with Gasteiger partial charge < -0.3 is 14.7 Å². The summed E-state index contributed by atoms with van der Waals surface area (Å²) in [5.41, 5.74) is 0.950. The Morgan fingerprint density at radius 1 is 1.38 bits per heavy atom. The minimum absolute atomic E-state index is 0.132. The van der Waals surface area contributed by atoms with E-state index in [-0.39, 0.29) is 24.8 Å². The quantitative estimate of drug-likeness (QED) is 0.860. The van der Waals surface area contributed by atoms with Gasteiger partial charge in [0.15, 0.2) is 0 Å². The number of rotatable bonds is 5. The number of carbonyl (C=O) groups excluding carboxylic acids is 1. The summed E-state index contributed by atoms with van der Waals surface area (Å²) in [4.78, 5) is 33.5. The van der Waals surface area contributed by atoms with Crippen LogP contribution in [0.5, 0.6) is 0 Å². The summed E-state index contributed by atoms with van der Waals surface area (Å²) in [6.45, 7) is 4.56. The van der Waals surface area contributed by atoms with E-state index in [1.165, 1.54) is 12.4 Å². The molecule has 7 heteroatoms. The molecule has 2 heterocycles. The van der Waals surface area contributed by atoms with Gasteiger partial charge in [0, 0.05) is 12.7 Å². The number of amides is 1. The standard InChI is InChI=1S/C14H19N3O4/c1-3-4-17(12-8-21-7-10(12)14(19)20)13(18)11-6-15-9(2)5-16-11/h5-6,10,12H,3-4,7-8H2,1-2H3,(H,19,20). The van der Waals surface area contributed by atoms with Gasteiger partial charge in [0.05, 0.1) is 31.1 Å². The lowest BCUT2D eigenvalue weighted by atomic mass is 10.0. The molecule has 2 rings (SSSR count). The number of carboxylic acids is 1. The van der Waals surface area contributed by atoms with Crippen molar-refractivity contribution in [1.82, 2.24) is 14.9 Å². The van der Waals surface area contributed by atoms with Crippen LogP contribution in [0.15, 0.2) is 12.4 Å². The largest absolute Gasteiger partial charge is 0.481 e. The van der Waals surface area contributed by atoms with Crippen molar-refractivity contribution in [3.8, 4) is 0 Å². The van der Waals surface area contributed by atoms with Gasteiger partial charge in [-0.3, -0.25) is 14.6 Å². The zero-order valence-electron chi connectivity index (χ0n) is 12.2. The lowest BCUT2D eigenvalue weighted by molar-refractivity contribution is -0.142. The lowest BCUT2D eigenvalue weighted by Gasteiger charge is -2.29. The topological polar surface area (TPSA) is 92.6 Å². The minimum atomic E-state index is -0.943. The highest BCUT2D eigenvalue weighted by atomic mass is 16.5. The van der Waals surface area contributed by atoms with E-state index in [9.17, 15) is 14.7 Å². The second-order valence-corrected chi connectivity index (χ2v) is 5.09. The van der Waals surface area contributed by atoms with Crippen LogP contribution in [0.25, 0.3) is 0 Å². The van der Waals surface area contributed by atoms with E-state index >= 15 is 0 Å². The number of hydrogen-bond donors (Lipinski definition) is 1. The van der Waals surface area contributed by atoms with Crippen LogP contribution < -0.4 is 0 Å². The number of hydrogen-bond acceptors (Lipinski definition) is 5. The molecule has 7 nitrogen and oxygen atoms in total. The van der Waals surface area contributed by atoms with E-state index in [2.05, 4.69) is 9.97 Å². The second kappa shape index (κ2) is 6.62. The molecule has 1 aliphatic heterocycles. The molecule has 0 saturated carbocycles. The normalized spacial score (nSPS) is 21.2. The highest BCUT2D eigenvalue weighted by Gasteiger charge is 2.40. The van der Waals surface area contributed by atoms with Gasteiger partial charge >= 0.3 is 5.97 Å². The Balaban J connectivity index is 2.23. The Kier molecular flexibility index (Phi) is 4.85. The van der Waals surface area contributed by atoms with Gasteiger partial charge in [-0.25, -0.2) is 4.98 Å². The fraction of sp³-hybridized carbons (Fsp3) is 0.571. The van der Waals surface area contributed by atoms with E-state index in [0.717, 1.165) is 12.1 Å². The Hall–Kier alpha value is -2.02. The van der Waals surface area contributed by atoms with Crippen molar-refractivity contribution in [3.05, 3.63) is 23.8 Å². The third-order valence-corrected chi connectivity index (χ3v) is 3.49. The van der Waals surface area contributed by atoms with Crippen LogP contribution in [0.4, 0.5) is 0 Å². The Morgan fingerprint density at radius 2 is 2.14 bits per heavy atom. The van der Waals surface area contributed by atoms with Gasteiger partial charge in [0.1, 0.15) is 11.6 Å². The molecule has 0 aromatic carbocycles. The first-order valence-electron chi connectivity index (χ1n) is 6.94. The van der Waals surface area contributed by atoms with E-state index in [1.807, 2.05) is 6.92 Å². The zero-order valence-corrected chi connectivity index (χ0v) is 12.2. The number of aryl methyl sites for hydroxylation is 1. The number of carboxylic acid groups (broad SMARTS) is 1. The molecule has 0 radical (unpaired) electrons. The smallest absolute Gasteiger partial charge is 0.311 e. The molecule has 0 aliphatic carbocycles. The molecule has 0 bridgehead atoms. The van der Waals surface area contributed by atoms with E-state index in [0.29, 0.717) is 6.54 Å². The Bertz CT molecular complexity index is 517. The molecule has 0 spiro atoms. The number of nitrogens with zero attached hydrogens (tertiary/aromatic N) is 3. The molecular formula is C14H19N3O4. The van der Waals surface area contributed by atoms with E-state index in [1.54, 1.807) is 11.8 Å². The van der Waals surface area contributed by atoms with Crippen molar-refractivity contribution < 1.29 is 19.4 Å². The summed E-state index contributed by atoms with van der Waals surface area (Å²) in [6.07, 6.45) is 3.68. The molecule has 21 heavy (non-hydrogen) atoms. The molecule has 1 N–H and O–H groups in total. The maximum atomic E-state index is 12.6. The molecular weight excluding hydrogens is 274 g/mol. The van der Waals surface area contributed by atoms with Gasteiger partial charge in [0.2, 0.25) is 0 Å². The van der Waals surface area contributed by atoms with Gasteiger partial charge in [-0.05, 0) is 13.3 Å². The predicted octanol–water partition coefficient (Wildman–Crippen LogP) is 0.737. The van der Waals surface area contributed by atoms with Crippen LogP contribution >= 0.6 is 0 Å². The van der Waals surface area contributed by atoms with Gasteiger partial charge in [0.25, 0.3) is 5.91 Å². The predicted molar refractivity (Wildman–Crippen MR) is 73.8 cm³/mol. The maximum Gasteiger partial charge on any atom is 0.311 e. The molecule has 1 saturated heterocycles. The average Bonchev–Trinajstić information content (AvgIpc) is 2.94. The fourth-order valence-corrected chi connectivity index (χ4v) is 2.40. The Labute approximate surface area is 123 Å². The first-order valence-corrected chi connectivity index (χ1v) is 6.94. The van der Waals surface area contributed by atoms with Crippen LogP contribution in [0.3, 0.4) is 0 Å². The van der Waals surface area contributed by atoms with Gasteiger partial charge in [-0.15, -0.1) is 0 Å². The number of ether oxygens (including phenoxy) is 1. The zero-order chi connectivity index (χ0) is 15.4. The molecule has 2 unspecified atom stereocenters. The number of aliphatic carboxylic acids is 1. The Morgan fingerprint density at radius 3 is 2.71 bits per heavy atom. The maximum absolute atomic E-state index is 12.6. The summed E-state index contributed by atoms with van der Waals surface area (Å²) in [7, 11) is 0. The molecule has 1 aliphatic rings. The van der Waals surface area contributed by atoms with Crippen molar-refractivity contribution >= 4 is 11.9 Å². The molecule has 1 amide bonds. The molecule has 114 valence electrons. The van der Waals surface area contributed by atoms with E-state index in [4.69, 9.17) is 4.74 Å². The average molecular weight is 293 g/mol. The SMILES string of the molecule is CCCN(C(=O)c1cnc(C)cn1)C1COCC1C(=O)O. The van der Waals surface area contributed by atoms with Crippen molar-refractivity contribution in [1.29, 1.82) is 0 Å². The summed E-state index contributed by atoms with van der Waals surface area (Å²) in [5.74, 6) is -1.94. The third kappa shape index (κ3) is 3.36. The number of aromatic nitrogens is 2. The van der Waals surface area contributed by atoms with Crippen LogP contribution in [0.1, 0.15) is 29.5 Å². The van der Waals surface area contributed by atoms with Crippen molar-refractivity contribution in [2.75, 3.05) is 19.8 Å². The monoisotopic (exact) mass is 293 g/mol. The molecule has 1 aromatic heterocycles. The van der Waals surface area contributed by atoms with Crippen LogP contribution in [0, 0.1) is 12.8 Å². The van der Waals surface area contributed by atoms with E-state index < -0.39 is 17.9 Å². The summed E-state index contributed by atoms with van der Waals surface area (Å²) < 4.78 is 5.25. The fourth-order valence-electron chi connectivity index (χ4n) is 2.40. The molecule has 2 atom stereocenters. The van der Waals surface area contributed by atoms with Crippen LogP contribution in [-0.2, 0) is 9.53 Å². The van der Waals surface area contributed by atoms with Gasteiger partial charge in [-0.2, -0.15) is 0 Å². The highest BCUT2D eigenvalue weighted by molar-refractivity contribution is 5.92. The van der Waals surface area contributed by atoms with Crippen LogP contribution in [0.2, 0.25) is 0 Å². The molecule has 1 fully saturated rings. The summed E-state index contributed by atoms with van der Waals surface area (Å²) in [5, 5.41) is 9.24. The first kappa shape index (κ1) is 15.4. The van der Waals surface area contributed by atoms with Crippen molar-refractivity contribution in [2.45, 2.75) is 26.3 Å². The lowest BCUT2D eigenvalue weighted by Crippen LogP contribution is -2.47. The van der Waals surface area contributed by atoms with Crippen molar-refractivity contribution in [3.63, 3.8) is 0 Å². The first-order chi connectivity index (χ1) is 10.0. The summed E-state index contributed by atoms with van der Waals surface area (Å²) >= 11 is 0. The minimum Gasteiger partial charge on any atom is -0.481 e. The summed E-state index contributed by atoms with van der Waals surface area (Å²) in [6, 6.07) is -0.460.